The van der Waals surface area contributed by atoms with Crippen LogP contribution in [0.2, 0.25) is 5.02 Å². The first-order chi connectivity index (χ1) is 20.2. The molecule has 8 nitrogen and oxygen atoms in total. The molecule has 0 saturated carbocycles. The van der Waals surface area contributed by atoms with E-state index < -0.39 is 54.2 Å². The minimum absolute atomic E-state index is 0.0277. The van der Waals surface area contributed by atoms with Gasteiger partial charge in [0.05, 0.1) is 28.4 Å². The van der Waals surface area contributed by atoms with Crippen LogP contribution in [0, 0.1) is 0 Å². The Balaban J connectivity index is 1.27. The van der Waals surface area contributed by atoms with Gasteiger partial charge in [0.15, 0.2) is 6.61 Å². The molecule has 0 bridgehead atoms. The van der Waals surface area contributed by atoms with Gasteiger partial charge < -0.3 is 24.6 Å². The number of fused-ring (bicyclic) bond motifs is 2. The van der Waals surface area contributed by atoms with E-state index in [0.717, 1.165) is 30.3 Å². The van der Waals surface area contributed by atoms with E-state index in [0.29, 0.717) is 5.56 Å². The van der Waals surface area contributed by atoms with Crippen molar-refractivity contribution in [2.45, 2.75) is 18.6 Å². The Morgan fingerprint density at radius 2 is 1.70 bits per heavy atom. The molecule has 2 aliphatic heterocycles. The Morgan fingerprint density at radius 1 is 0.953 bits per heavy atom. The van der Waals surface area contributed by atoms with Crippen LogP contribution in [0.1, 0.15) is 15.9 Å². The molecule has 3 amide bonds. The number of carbonyl (C=O) groups is 3. The van der Waals surface area contributed by atoms with Gasteiger partial charge in [0, 0.05) is 19.2 Å². The van der Waals surface area contributed by atoms with Crippen molar-refractivity contribution in [3.05, 3.63) is 76.8 Å². The lowest BCUT2D eigenvalue weighted by Gasteiger charge is -2.39. The smallest absolute Gasteiger partial charge is 0.482 e. The molecule has 1 atom stereocenters. The fourth-order valence-electron chi connectivity index (χ4n) is 4.76. The molecule has 1 N–H and O–H groups in total. The van der Waals surface area contributed by atoms with Crippen LogP contribution < -0.4 is 14.8 Å². The quantitative estimate of drug-likeness (QED) is 0.372. The van der Waals surface area contributed by atoms with E-state index in [-0.39, 0.29) is 47.2 Å². The summed E-state index contributed by atoms with van der Waals surface area (Å²) in [6.07, 6.45) is -9.47. The zero-order chi connectivity index (χ0) is 31.1. The number of alkyl halides is 6. The topological polar surface area (TPSA) is 88.2 Å². The van der Waals surface area contributed by atoms with E-state index in [2.05, 4.69) is 10.1 Å². The molecule has 1 saturated heterocycles. The maximum Gasteiger partial charge on any atom is 0.573 e. The minimum Gasteiger partial charge on any atom is -0.482 e. The first-order valence-corrected chi connectivity index (χ1v) is 13.0. The Morgan fingerprint density at radius 3 is 2.40 bits per heavy atom. The summed E-state index contributed by atoms with van der Waals surface area (Å²) >= 11 is 5.95. The van der Waals surface area contributed by atoms with Crippen molar-refractivity contribution in [3.63, 3.8) is 0 Å². The molecular weight excluding hydrogens is 608 g/mol. The maximum atomic E-state index is 13.5. The number of nitrogens with one attached hydrogen (secondary N) is 1. The van der Waals surface area contributed by atoms with Gasteiger partial charge in [-0.1, -0.05) is 29.8 Å². The minimum atomic E-state index is -4.91. The molecule has 43 heavy (non-hydrogen) atoms. The van der Waals surface area contributed by atoms with Gasteiger partial charge in [0.1, 0.15) is 17.5 Å². The summed E-state index contributed by atoms with van der Waals surface area (Å²) in [5.41, 5.74) is -0.0151. The van der Waals surface area contributed by atoms with E-state index in [4.69, 9.17) is 16.3 Å². The van der Waals surface area contributed by atoms with Crippen LogP contribution in [0.25, 0.3) is 11.1 Å². The number of hydrogen-bond donors (Lipinski definition) is 1. The second-order valence-corrected chi connectivity index (χ2v) is 10.0. The monoisotopic (exact) mass is 627 g/mol. The predicted molar refractivity (Wildman–Crippen MR) is 141 cm³/mol. The molecule has 0 aliphatic carbocycles. The van der Waals surface area contributed by atoms with Crippen molar-refractivity contribution in [2.24, 2.45) is 0 Å². The largest absolute Gasteiger partial charge is 0.573 e. The zero-order valence-corrected chi connectivity index (χ0v) is 22.5. The number of benzene rings is 3. The highest BCUT2D eigenvalue weighted by molar-refractivity contribution is 6.32. The zero-order valence-electron chi connectivity index (χ0n) is 21.8. The first kappa shape index (κ1) is 30.0. The van der Waals surface area contributed by atoms with Crippen LogP contribution in [-0.2, 0) is 15.8 Å². The Hall–Kier alpha value is -4.46. The fourth-order valence-corrected chi connectivity index (χ4v) is 4.98. The number of piperazine rings is 1. The van der Waals surface area contributed by atoms with Crippen LogP contribution in [0.5, 0.6) is 11.5 Å². The number of ether oxygens (including phenoxy) is 2. The molecule has 2 heterocycles. The second-order valence-electron chi connectivity index (χ2n) is 9.61. The lowest BCUT2D eigenvalue weighted by molar-refractivity contribution is -0.274. The highest BCUT2D eigenvalue weighted by atomic mass is 35.5. The third-order valence-electron chi connectivity index (χ3n) is 6.82. The fraction of sp³-hybridized carbons (Fsp3) is 0.250. The molecule has 0 spiro atoms. The average molecular weight is 628 g/mol. The molecular formula is C28H20ClF6N3O5. The summed E-state index contributed by atoms with van der Waals surface area (Å²) < 4.78 is 86.0. The number of anilines is 1. The number of hydrogen-bond acceptors (Lipinski definition) is 5. The molecule has 3 aromatic rings. The average Bonchev–Trinajstić information content (AvgIpc) is 3.04. The lowest BCUT2D eigenvalue weighted by Crippen LogP contribution is -2.60. The second kappa shape index (κ2) is 11.3. The van der Waals surface area contributed by atoms with E-state index in [1.54, 1.807) is 0 Å². The van der Waals surface area contributed by atoms with E-state index in [9.17, 15) is 40.7 Å². The number of amides is 3. The van der Waals surface area contributed by atoms with E-state index in [1.807, 2.05) is 0 Å². The molecule has 3 aromatic carbocycles. The van der Waals surface area contributed by atoms with Gasteiger partial charge in [-0.2, -0.15) is 13.2 Å². The Labute approximate surface area is 244 Å². The lowest BCUT2D eigenvalue weighted by atomic mass is 9.99. The van der Waals surface area contributed by atoms with Crippen LogP contribution in [0.3, 0.4) is 0 Å². The Kier molecular flexibility index (Phi) is 7.90. The van der Waals surface area contributed by atoms with Crippen molar-refractivity contribution in [3.8, 4) is 22.6 Å². The number of nitrogens with zero attached hydrogens (tertiary/aromatic N) is 2. The molecule has 226 valence electrons. The third kappa shape index (κ3) is 6.63. The van der Waals surface area contributed by atoms with Crippen molar-refractivity contribution in [1.82, 2.24) is 9.80 Å². The summed E-state index contributed by atoms with van der Waals surface area (Å²) in [6.45, 7) is -0.727. The van der Waals surface area contributed by atoms with Crippen LogP contribution >= 0.6 is 11.6 Å². The van der Waals surface area contributed by atoms with Gasteiger partial charge in [-0.25, -0.2) is 0 Å². The van der Waals surface area contributed by atoms with Gasteiger partial charge in [-0.15, -0.1) is 13.2 Å². The molecule has 0 unspecified atom stereocenters. The normalized spacial score (nSPS) is 17.0. The van der Waals surface area contributed by atoms with Gasteiger partial charge in [-0.3, -0.25) is 14.4 Å². The maximum absolute atomic E-state index is 13.5. The third-order valence-corrected chi connectivity index (χ3v) is 7.11. The summed E-state index contributed by atoms with van der Waals surface area (Å²) in [5, 5.41) is 2.43. The molecule has 2 aliphatic rings. The highest BCUT2D eigenvalue weighted by Crippen LogP contribution is 2.35. The summed E-state index contributed by atoms with van der Waals surface area (Å²) in [4.78, 5) is 42.0. The number of rotatable bonds is 5. The van der Waals surface area contributed by atoms with Crippen molar-refractivity contribution >= 4 is 35.0 Å². The van der Waals surface area contributed by atoms with Gasteiger partial charge in [0.25, 0.3) is 11.8 Å². The summed E-state index contributed by atoms with van der Waals surface area (Å²) in [6, 6.07) is 10.9. The SMILES string of the molecule is O=C1Nc2ccc(-c3cccc(C(F)(F)F)c3)cc2C(=O)N2CCN(C(=O)COc3ccc(OC(F)(F)F)cc3Cl)C[C@H]12. The van der Waals surface area contributed by atoms with Crippen molar-refractivity contribution < 1.29 is 50.2 Å². The Bertz CT molecular complexity index is 1600. The van der Waals surface area contributed by atoms with Crippen LogP contribution in [0.15, 0.2) is 60.7 Å². The predicted octanol–water partition coefficient (Wildman–Crippen LogP) is 5.61. The summed E-state index contributed by atoms with van der Waals surface area (Å²) in [7, 11) is 0. The first-order valence-electron chi connectivity index (χ1n) is 12.6. The number of carbonyl (C=O) groups excluding carboxylic acids is 3. The van der Waals surface area contributed by atoms with Crippen molar-refractivity contribution in [2.75, 3.05) is 31.6 Å². The van der Waals surface area contributed by atoms with Crippen molar-refractivity contribution in [1.29, 1.82) is 0 Å². The molecule has 5 rings (SSSR count). The molecule has 0 radical (unpaired) electrons. The molecule has 1 fully saturated rings. The van der Waals surface area contributed by atoms with Gasteiger partial charge in [0.2, 0.25) is 5.91 Å². The standard InChI is InChI=1S/C28H20ClF6N3O5/c29-20-12-18(43-28(33,34)35)5-7-23(20)42-14-24(39)37-8-9-38-22(13-37)25(40)36-21-6-4-16(11-19(21)26(38)41)15-2-1-3-17(10-15)27(30,31)32/h1-7,10-12,22H,8-9,13-14H2,(H,36,40)/t22-/m1/s1. The number of halogens is 7. The van der Waals surface area contributed by atoms with E-state index >= 15 is 0 Å². The van der Waals surface area contributed by atoms with E-state index in [1.165, 1.54) is 40.1 Å². The van der Waals surface area contributed by atoms with Crippen LogP contribution in [-0.4, -0.2) is 66.2 Å². The molecule has 0 aromatic heterocycles. The summed E-state index contributed by atoms with van der Waals surface area (Å²) in [5.74, 6) is -2.32. The van der Waals surface area contributed by atoms with Crippen LogP contribution in [0.4, 0.5) is 32.0 Å². The highest BCUT2D eigenvalue weighted by Gasteiger charge is 2.41. The molecule has 15 heteroatoms. The van der Waals surface area contributed by atoms with Gasteiger partial charge in [-0.05, 0) is 47.5 Å². The van der Waals surface area contributed by atoms with Gasteiger partial charge >= 0.3 is 12.5 Å².